The molecule has 14 heavy (non-hydrogen) atoms. The Labute approximate surface area is 83.9 Å². The summed E-state index contributed by atoms with van der Waals surface area (Å²) in [6, 6.07) is 7.73. The van der Waals surface area contributed by atoms with Crippen LogP contribution in [0.5, 0.6) is 0 Å². The lowest BCUT2D eigenvalue weighted by molar-refractivity contribution is 0.0487. The molecule has 0 radical (unpaired) electrons. The molecule has 0 heterocycles. The van der Waals surface area contributed by atoms with Crippen molar-refractivity contribution in [3.63, 3.8) is 0 Å². The topological polar surface area (TPSA) is 58.3 Å². The van der Waals surface area contributed by atoms with Crippen molar-refractivity contribution < 1.29 is 5.11 Å². The van der Waals surface area contributed by atoms with Gasteiger partial charge in [-0.3, -0.25) is 0 Å². The third-order valence-corrected chi connectivity index (χ3v) is 2.72. The Morgan fingerprint density at radius 3 is 2.50 bits per heavy atom. The van der Waals surface area contributed by atoms with Crippen LogP contribution in [0.2, 0.25) is 0 Å². The van der Waals surface area contributed by atoms with Gasteiger partial charge in [0, 0.05) is 17.9 Å². The van der Waals surface area contributed by atoms with Gasteiger partial charge in [0.15, 0.2) is 0 Å². The monoisotopic (exact) mass is 192 g/mol. The van der Waals surface area contributed by atoms with E-state index in [0.717, 1.165) is 30.8 Å². The lowest BCUT2D eigenvalue weighted by Crippen LogP contribution is -2.33. The molecule has 0 atom stereocenters. The van der Waals surface area contributed by atoms with Crippen molar-refractivity contribution in [1.29, 1.82) is 0 Å². The number of hydrogen-bond acceptors (Lipinski definition) is 3. The molecule has 0 aliphatic heterocycles. The maximum absolute atomic E-state index is 9.11. The molecule has 2 rings (SSSR count). The fraction of sp³-hybridized carbons (Fsp3) is 0.455. The fourth-order valence-corrected chi connectivity index (χ4v) is 1.73. The third kappa shape index (κ3) is 2.17. The fourth-order valence-electron chi connectivity index (χ4n) is 1.73. The molecule has 0 aromatic heterocycles. The molecular weight excluding hydrogens is 176 g/mol. The largest absolute Gasteiger partial charge is 0.399 e. The molecular formula is C11H16N2O. The Kier molecular flexibility index (Phi) is 2.59. The molecule has 1 aromatic carbocycles. The van der Waals surface area contributed by atoms with Crippen LogP contribution in [0.25, 0.3) is 0 Å². The summed E-state index contributed by atoms with van der Waals surface area (Å²) in [6.07, 6.45) is 1.80. The van der Waals surface area contributed by atoms with E-state index >= 15 is 0 Å². The molecule has 1 aliphatic carbocycles. The zero-order valence-electron chi connectivity index (χ0n) is 8.11. The molecule has 1 saturated carbocycles. The van der Waals surface area contributed by atoms with Crippen molar-refractivity contribution in [2.75, 3.05) is 17.6 Å². The molecule has 76 valence electrons. The Bertz CT molecular complexity index is 291. The van der Waals surface area contributed by atoms with E-state index < -0.39 is 0 Å². The molecule has 1 aromatic rings. The second kappa shape index (κ2) is 3.88. The summed E-state index contributed by atoms with van der Waals surface area (Å²) in [6.45, 7) is 0.945. The first-order chi connectivity index (χ1) is 6.74. The number of nitrogens with one attached hydrogen (secondary N) is 1. The molecule has 0 spiro atoms. The number of nitrogen functional groups attached to an aromatic ring is 1. The van der Waals surface area contributed by atoms with E-state index in [1.54, 1.807) is 0 Å². The zero-order chi connectivity index (χ0) is 9.97. The van der Waals surface area contributed by atoms with E-state index in [1.807, 2.05) is 24.3 Å². The number of nitrogens with two attached hydrogens (primary N) is 1. The maximum atomic E-state index is 9.11. The highest BCUT2D eigenvalue weighted by atomic mass is 16.3. The van der Waals surface area contributed by atoms with Crippen LogP contribution in [0, 0.1) is 5.92 Å². The van der Waals surface area contributed by atoms with Crippen molar-refractivity contribution >= 4 is 11.4 Å². The van der Waals surface area contributed by atoms with Crippen molar-refractivity contribution in [2.24, 2.45) is 5.92 Å². The van der Waals surface area contributed by atoms with E-state index in [0.29, 0.717) is 5.92 Å². The summed E-state index contributed by atoms with van der Waals surface area (Å²) < 4.78 is 0. The smallest absolute Gasteiger partial charge is 0.0546 e. The highest BCUT2D eigenvalue weighted by Gasteiger charge is 2.26. The van der Waals surface area contributed by atoms with Gasteiger partial charge in [-0.15, -0.1) is 0 Å². The Morgan fingerprint density at radius 2 is 1.93 bits per heavy atom. The van der Waals surface area contributed by atoms with Gasteiger partial charge in [-0.2, -0.15) is 0 Å². The molecule has 3 nitrogen and oxygen atoms in total. The second-order valence-corrected chi connectivity index (χ2v) is 3.99. The van der Waals surface area contributed by atoms with E-state index in [9.17, 15) is 0 Å². The van der Waals surface area contributed by atoms with Crippen LogP contribution >= 0.6 is 0 Å². The SMILES string of the molecule is Nc1ccc(NCC2CC(O)C2)cc1. The van der Waals surface area contributed by atoms with Gasteiger partial charge in [-0.1, -0.05) is 0 Å². The van der Waals surface area contributed by atoms with Crippen LogP contribution < -0.4 is 11.1 Å². The zero-order valence-corrected chi connectivity index (χ0v) is 8.11. The Morgan fingerprint density at radius 1 is 1.29 bits per heavy atom. The highest BCUT2D eigenvalue weighted by molar-refractivity contribution is 5.51. The van der Waals surface area contributed by atoms with Gasteiger partial charge in [-0.25, -0.2) is 0 Å². The van der Waals surface area contributed by atoms with Gasteiger partial charge in [-0.05, 0) is 43.0 Å². The van der Waals surface area contributed by atoms with Crippen molar-refractivity contribution in [3.8, 4) is 0 Å². The average Bonchev–Trinajstić information content (AvgIpc) is 2.13. The molecule has 3 heteroatoms. The summed E-state index contributed by atoms with van der Waals surface area (Å²) in [5, 5.41) is 12.4. The first-order valence-electron chi connectivity index (χ1n) is 5.01. The predicted octanol–water partition coefficient (Wildman–Crippen LogP) is 1.45. The standard InChI is InChI=1S/C11H16N2O/c12-9-1-3-10(4-2-9)13-7-8-5-11(14)6-8/h1-4,8,11,13-14H,5-7,12H2. The van der Waals surface area contributed by atoms with Gasteiger partial charge in [0.05, 0.1) is 6.10 Å². The minimum absolute atomic E-state index is 0.0618. The summed E-state index contributed by atoms with van der Waals surface area (Å²) in [5.74, 6) is 0.627. The van der Waals surface area contributed by atoms with Gasteiger partial charge in [0.2, 0.25) is 0 Å². The minimum atomic E-state index is -0.0618. The van der Waals surface area contributed by atoms with Gasteiger partial charge < -0.3 is 16.2 Å². The number of anilines is 2. The molecule has 0 amide bonds. The number of aliphatic hydroxyl groups is 1. The summed E-state index contributed by atoms with van der Waals surface area (Å²) >= 11 is 0. The highest BCUT2D eigenvalue weighted by Crippen LogP contribution is 2.27. The quantitative estimate of drug-likeness (QED) is 0.635. The van der Waals surface area contributed by atoms with Crippen molar-refractivity contribution in [2.45, 2.75) is 18.9 Å². The minimum Gasteiger partial charge on any atom is -0.399 e. The summed E-state index contributed by atoms with van der Waals surface area (Å²) in [7, 11) is 0. The van der Waals surface area contributed by atoms with Gasteiger partial charge >= 0.3 is 0 Å². The maximum Gasteiger partial charge on any atom is 0.0546 e. The molecule has 1 fully saturated rings. The number of hydrogen-bond donors (Lipinski definition) is 3. The molecule has 1 aliphatic rings. The normalized spacial score (nSPS) is 25.5. The van der Waals surface area contributed by atoms with E-state index in [-0.39, 0.29) is 6.10 Å². The lowest BCUT2D eigenvalue weighted by atomic mass is 9.82. The second-order valence-electron chi connectivity index (χ2n) is 3.99. The Balaban J connectivity index is 1.78. The lowest BCUT2D eigenvalue weighted by Gasteiger charge is -2.31. The summed E-state index contributed by atoms with van der Waals surface area (Å²) in [5.41, 5.74) is 7.46. The molecule has 4 N–H and O–H groups in total. The van der Waals surface area contributed by atoms with Gasteiger partial charge in [0.25, 0.3) is 0 Å². The van der Waals surface area contributed by atoms with Crippen LogP contribution in [0.1, 0.15) is 12.8 Å². The van der Waals surface area contributed by atoms with E-state index in [2.05, 4.69) is 5.32 Å². The first kappa shape index (κ1) is 9.34. The van der Waals surface area contributed by atoms with Crippen LogP contribution in [0.15, 0.2) is 24.3 Å². The number of benzene rings is 1. The molecule has 0 saturated heterocycles. The molecule has 0 bridgehead atoms. The summed E-state index contributed by atoms with van der Waals surface area (Å²) in [4.78, 5) is 0. The van der Waals surface area contributed by atoms with E-state index in [1.165, 1.54) is 0 Å². The first-order valence-corrected chi connectivity index (χ1v) is 5.01. The van der Waals surface area contributed by atoms with Crippen LogP contribution in [0.3, 0.4) is 0 Å². The predicted molar refractivity (Wildman–Crippen MR) is 58.1 cm³/mol. The molecule has 0 unspecified atom stereocenters. The Hall–Kier alpha value is -1.22. The van der Waals surface area contributed by atoms with Crippen LogP contribution in [0.4, 0.5) is 11.4 Å². The number of rotatable bonds is 3. The average molecular weight is 192 g/mol. The van der Waals surface area contributed by atoms with Crippen LogP contribution in [-0.2, 0) is 0 Å². The van der Waals surface area contributed by atoms with Crippen LogP contribution in [-0.4, -0.2) is 17.8 Å². The van der Waals surface area contributed by atoms with Gasteiger partial charge in [0.1, 0.15) is 0 Å². The van der Waals surface area contributed by atoms with Crippen molar-refractivity contribution in [3.05, 3.63) is 24.3 Å². The third-order valence-electron chi connectivity index (χ3n) is 2.72. The van der Waals surface area contributed by atoms with Crippen molar-refractivity contribution in [1.82, 2.24) is 0 Å². The van der Waals surface area contributed by atoms with E-state index in [4.69, 9.17) is 10.8 Å². The number of aliphatic hydroxyl groups excluding tert-OH is 1.